The maximum absolute atomic E-state index is 13.1. The Balaban J connectivity index is 1.73. The van der Waals surface area contributed by atoms with Gasteiger partial charge in [-0.2, -0.15) is 0 Å². The van der Waals surface area contributed by atoms with Crippen molar-refractivity contribution in [3.8, 4) is 0 Å². The van der Waals surface area contributed by atoms with Crippen molar-refractivity contribution in [1.29, 1.82) is 0 Å². The van der Waals surface area contributed by atoms with Crippen LogP contribution in [0.5, 0.6) is 0 Å². The average molecular weight is 296 g/mol. The Hall–Kier alpha value is -1.00. The van der Waals surface area contributed by atoms with E-state index < -0.39 is 11.6 Å². The molecule has 1 N–H and O–H groups in total. The monoisotopic (exact) mass is 296 g/mol. The second kappa shape index (κ2) is 7.85. The fourth-order valence-corrected chi connectivity index (χ4v) is 3.14. The molecule has 0 saturated carbocycles. The molecule has 1 heterocycles. The molecule has 2 rings (SSSR count). The minimum Gasteiger partial charge on any atom is -0.314 e. The SMILES string of the molecule is CCN1CCC(C(C)NCCc2cc(F)cc(F)c2)CC1. The topological polar surface area (TPSA) is 15.3 Å². The van der Waals surface area contributed by atoms with Crippen molar-refractivity contribution in [2.45, 2.75) is 39.2 Å². The molecule has 0 spiro atoms. The van der Waals surface area contributed by atoms with Crippen LogP contribution in [-0.4, -0.2) is 37.1 Å². The van der Waals surface area contributed by atoms with Gasteiger partial charge < -0.3 is 10.2 Å². The molecule has 0 amide bonds. The van der Waals surface area contributed by atoms with Crippen LogP contribution in [0.15, 0.2) is 18.2 Å². The third-order valence-electron chi connectivity index (χ3n) is 4.59. The zero-order chi connectivity index (χ0) is 15.2. The molecule has 1 aromatic carbocycles. The number of rotatable bonds is 6. The van der Waals surface area contributed by atoms with Crippen molar-refractivity contribution >= 4 is 0 Å². The number of nitrogens with one attached hydrogen (secondary N) is 1. The number of piperidine rings is 1. The van der Waals surface area contributed by atoms with Crippen molar-refractivity contribution in [2.75, 3.05) is 26.2 Å². The molecule has 1 aromatic rings. The Morgan fingerprint density at radius 1 is 1.19 bits per heavy atom. The molecular formula is C17H26F2N2. The van der Waals surface area contributed by atoms with E-state index in [1.165, 1.54) is 38.1 Å². The second-order valence-electron chi connectivity index (χ2n) is 6.04. The molecular weight excluding hydrogens is 270 g/mol. The summed E-state index contributed by atoms with van der Waals surface area (Å²) in [7, 11) is 0. The molecule has 0 radical (unpaired) electrons. The van der Waals surface area contributed by atoms with Crippen LogP contribution in [0.2, 0.25) is 0 Å². The highest BCUT2D eigenvalue weighted by molar-refractivity contribution is 5.18. The number of hydrogen-bond acceptors (Lipinski definition) is 2. The van der Waals surface area contributed by atoms with Gasteiger partial charge in [0.2, 0.25) is 0 Å². The van der Waals surface area contributed by atoms with E-state index in [1.54, 1.807) is 0 Å². The first-order valence-electron chi connectivity index (χ1n) is 7.99. The summed E-state index contributed by atoms with van der Waals surface area (Å²) in [6, 6.07) is 4.20. The van der Waals surface area contributed by atoms with Crippen LogP contribution in [0.4, 0.5) is 8.78 Å². The van der Waals surface area contributed by atoms with E-state index in [2.05, 4.69) is 24.1 Å². The van der Waals surface area contributed by atoms with Gasteiger partial charge in [0.1, 0.15) is 11.6 Å². The molecule has 1 atom stereocenters. The van der Waals surface area contributed by atoms with Gasteiger partial charge in [0, 0.05) is 12.1 Å². The zero-order valence-corrected chi connectivity index (χ0v) is 13.0. The third-order valence-corrected chi connectivity index (χ3v) is 4.59. The van der Waals surface area contributed by atoms with Crippen molar-refractivity contribution in [1.82, 2.24) is 10.2 Å². The summed E-state index contributed by atoms with van der Waals surface area (Å²) in [4.78, 5) is 2.48. The van der Waals surface area contributed by atoms with Crippen LogP contribution in [0, 0.1) is 17.6 Å². The Kier molecular flexibility index (Phi) is 6.12. The van der Waals surface area contributed by atoms with Gasteiger partial charge in [-0.25, -0.2) is 8.78 Å². The van der Waals surface area contributed by atoms with E-state index in [1.807, 2.05) is 0 Å². The third kappa shape index (κ3) is 5.04. The Morgan fingerprint density at radius 3 is 2.38 bits per heavy atom. The second-order valence-corrected chi connectivity index (χ2v) is 6.04. The summed E-state index contributed by atoms with van der Waals surface area (Å²) in [5, 5.41) is 3.51. The first-order valence-corrected chi connectivity index (χ1v) is 7.99. The number of hydrogen-bond donors (Lipinski definition) is 1. The minimum atomic E-state index is -0.495. The maximum atomic E-state index is 13.1. The lowest BCUT2D eigenvalue weighted by atomic mass is 9.90. The van der Waals surface area contributed by atoms with Gasteiger partial charge in [-0.15, -0.1) is 0 Å². The zero-order valence-electron chi connectivity index (χ0n) is 13.0. The van der Waals surface area contributed by atoms with Crippen molar-refractivity contribution in [3.63, 3.8) is 0 Å². The molecule has 0 bridgehead atoms. The van der Waals surface area contributed by atoms with Gasteiger partial charge in [0.15, 0.2) is 0 Å². The predicted molar refractivity (Wildman–Crippen MR) is 82.4 cm³/mol. The van der Waals surface area contributed by atoms with Gasteiger partial charge in [-0.05, 0) is 76.0 Å². The number of likely N-dealkylation sites (tertiary alicyclic amines) is 1. The van der Waals surface area contributed by atoms with Gasteiger partial charge in [-0.1, -0.05) is 6.92 Å². The molecule has 1 aliphatic heterocycles. The average Bonchev–Trinajstić information content (AvgIpc) is 2.46. The van der Waals surface area contributed by atoms with Crippen molar-refractivity contribution in [3.05, 3.63) is 35.4 Å². The van der Waals surface area contributed by atoms with Crippen LogP contribution in [0.25, 0.3) is 0 Å². The normalized spacial score (nSPS) is 18.9. The molecule has 0 aromatic heterocycles. The minimum absolute atomic E-state index is 0.461. The molecule has 2 nitrogen and oxygen atoms in total. The number of halogens is 2. The fourth-order valence-electron chi connectivity index (χ4n) is 3.14. The van der Waals surface area contributed by atoms with Crippen LogP contribution < -0.4 is 5.32 Å². The highest BCUT2D eigenvalue weighted by Gasteiger charge is 2.22. The van der Waals surface area contributed by atoms with Gasteiger partial charge >= 0.3 is 0 Å². The first-order chi connectivity index (χ1) is 10.1. The molecule has 4 heteroatoms. The largest absolute Gasteiger partial charge is 0.314 e. The van der Waals surface area contributed by atoms with E-state index in [-0.39, 0.29) is 0 Å². The molecule has 1 aliphatic rings. The molecule has 21 heavy (non-hydrogen) atoms. The van der Waals surface area contributed by atoms with E-state index in [0.717, 1.165) is 19.2 Å². The maximum Gasteiger partial charge on any atom is 0.126 e. The van der Waals surface area contributed by atoms with E-state index >= 15 is 0 Å². The lowest BCUT2D eigenvalue weighted by Crippen LogP contribution is -2.42. The van der Waals surface area contributed by atoms with Crippen LogP contribution >= 0.6 is 0 Å². The fraction of sp³-hybridized carbons (Fsp3) is 0.647. The van der Waals surface area contributed by atoms with E-state index in [0.29, 0.717) is 23.9 Å². The van der Waals surface area contributed by atoms with E-state index in [4.69, 9.17) is 0 Å². The highest BCUT2D eigenvalue weighted by atomic mass is 19.1. The predicted octanol–water partition coefficient (Wildman–Crippen LogP) is 3.22. The summed E-state index contributed by atoms with van der Waals surface area (Å²) >= 11 is 0. The summed E-state index contributed by atoms with van der Waals surface area (Å²) < 4.78 is 26.2. The Morgan fingerprint density at radius 2 is 1.81 bits per heavy atom. The lowest BCUT2D eigenvalue weighted by molar-refractivity contribution is 0.169. The van der Waals surface area contributed by atoms with Gasteiger partial charge in [0.25, 0.3) is 0 Å². The lowest BCUT2D eigenvalue weighted by Gasteiger charge is -2.34. The quantitative estimate of drug-likeness (QED) is 0.867. The van der Waals surface area contributed by atoms with Gasteiger partial charge in [0.05, 0.1) is 0 Å². The summed E-state index contributed by atoms with van der Waals surface area (Å²) in [5.41, 5.74) is 0.716. The Bertz CT molecular complexity index is 422. The van der Waals surface area contributed by atoms with E-state index in [9.17, 15) is 8.78 Å². The molecule has 1 unspecified atom stereocenters. The van der Waals surface area contributed by atoms with Crippen LogP contribution in [-0.2, 0) is 6.42 Å². The molecule has 1 fully saturated rings. The first kappa shape index (κ1) is 16.4. The number of nitrogens with zero attached hydrogens (tertiary/aromatic N) is 1. The smallest absolute Gasteiger partial charge is 0.126 e. The molecule has 1 saturated heterocycles. The number of benzene rings is 1. The standard InChI is InChI=1S/C17H26F2N2/c1-3-21-8-5-15(6-9-21)13(2)20-7-4-14-10-16(18)12-17(19)11-14/h10-13,15,20H,3-9H2,1-2H3. The van der Waals surface area contributed by atoms with Crippen LogP contribution in [0.3, 0.4) is 0 Å². The molecule has 118 valence electrons. The van der Waals surface area contributed by atoms with Crippen LogP contribution in [0.1, 0.15) is 32.3 Å². The molecule has 0 aliphatic carbocycles. The summed E-state index contributed by atoms with van der Waals surface area (Å²) in [6.45, 7) is 8.70. The van der Waals surface area contributed by atoms with Crippen molar-refractivity contribution in [2.24, 2.45) is 5.92 Å². The summed E-state index contributed by atoms with van der Waals surface area (Å²) in [6.07, 6.45) is 3.13. The Labute approximate surface area is 126 Å². The highest BCUT2D eigenvalue weighted by Crippen LogP contribution is 2.20. The summed E-state index contributed by atoms with van der Waals surface area (Å²) in [5.74, 6) is -0.285. The van der Waals surface area contributed by atoms with Gasteiger partial charge in [-0.3, -0.25) is 0 Å². The van der Waals surface area contributed by atoms with Crippen molar-refractivity contribution < 1.29 is 8.78 Å².